The summed E-state index contributed by atoms with van der Waals surface area (Å²) in [5.74, 6) is -0.171. The predicted octanol–water partition coefficient (Wildman–Crippen LogP) is 3.51. The van der Waals surface area contributed by atoms with E-state index in [-0.39, 0.29) is 11.6 Å². The van der Waals surface area contributed by atoms with Crippen LogP contribution in [0.15, 0.2) is 61.2 Å². The van der Waals surface area contributed by atoms with Crippen molar-refractivity contribution < 1.29 is 9.31 Å². The van der Waals surface area contributed by atoms with Crippen molar-refractivity contribution in [1.29, 1.82) is 0 Å². The Kier molecular flexibility index (Phi) is 3.42. The highest BCUT2D eigenvalue weighted by atomic mass is 19.1. The number of nitrogens with zero attached hydrogens (tertiary/aromatic N) is 5. The summed E-state index contributed by atoms with van der Waals surface area (Å²) in [4.78, 5) is 23.0. The second-order valence-corrected chi connectivity index (χ2v) is 5.31. The van der Waals surface area contributed by atoms with E-state index in [0.717, 1.165) is 11.1 Å². The van der Waals surface area contributed by atoms with Crippen molar-refractivity contribution in [3.63, 3.8) is 0 Å². The lowest BCUT2D eigenvalue weighted by Gasteiger charge is -2.01. The van der Waals surface area contributed by atoms with Crippen molar-refractivity contribution in [3.8, 4) is 22.4 Å². The van der Waals surface area contributed by atoms with Gasteiger partial charge in [0.2, 0.25) is 5.78 Å². The summed E-state index contributed by atoms with van der Waals surface area (Å²) in [6, 6.07) is 9.26. The summed E-state index contributed by atoms with van der Waals surface area (Å²) in [5, 5.41) is 11.1. The van der Waals surface area contributed by atoms with Gasteiger partial charge in [-0.3, -0.25) is 4.40 Å². The molecule has 0 aliphatic heterocycles. The van der Waals surface area contributed by atoms with Gasteiger partial charge in [0.25, 0.3) is 0 Å². The molecule has 0 unspecified atom stereocenters. The van der Waals surface area contributed by atoms with Gasteiger partial charge >= 0.3 is 5.82 Å². The van der Waals surface area contributed by atoms with Crippen molar-refractivity contribution in [2.75, 3.05) is 0 Å². The van der Waals surface area contributed by atoms with Gasteiger partial charge < -0.3 is 10.1 Å². The summed E-state index contributed by atoms with van der Waals surface area (Å²) in [6.07, 6.45) is 6.42. The second-order valence-electron chi connectivity index (χ2n) is 5.31. The molecule has 4 aromatic rings. The van der Waals surface area contributed by atoms with E-state index in [1.165, 1.54) is 18.3 Å². The molecule has 0 N–H and O–H groups in total. The van der Waals surface area contributed by atoms with E-state index in [0.29, 0.717) is 17.0 Å². The Morgan fingerprint density at radius 1 is 1.04 bits per heavy atom. The summed E-state index contributed by atoms with van der Waals surface area (Å²) >= 11 is 0. The minimum absolute atomic E-state index is 0.260. The van der Waals surface area contributed by atoms with E-state index in [9.17, 15) is 14.5 Å². The van der Waals surface area contributed by atoms with Crippen LogP contribution in [0.1, 0.15) is 0 Å². The van der Waals surface area contributed by atoms with Gasteiger partial charge in [-0.1, -0.05) is 12.1 Å². The number of hydrogen-bond acceptors (Lipinski definition) is 5. The zero-order valence-electron chi connectivity index (χ0n) is 12.7. The Hall–Kier alpha value is -3.68. The summed E-state index contributed by atoms with van der Waals surface area (Å²) < 4.78 is 14.7. The molecular weight excluding hydrogens is 325 g/mol. The van der Waals surface area contributed by atoms with Crippen LogP contribution < -0.4 is 0 Å². The van der Waals surface area contributed by atoms with Gasteiger partial charge in [-0.05, 0) is 39.7 Å². The molecule has 3 aromatic heterocycles. The standard InChI is InChI=1S/C17H10FN5O2/c18-13-5-3-11(4-6-13)12-8-20-17-21-15(10-22(17)9-12)14-2-1-7-19-16(14)23(24)25/h1-10H. The van der Waals surface area contributed by atoms with Crippen molar-refractivity contribution >= 4 is 11.6 Å². The van der Waals surface area contributed by atoms with Gasteiger partial charge in [0.05, 0.1) is 11.3 Å². The fraction of sp³-hybridized carbons (Fsp3) is 0. The zero-order valence-corrected chi connectivity index (χ0v) is 12.7. The average molecular weight is 335 g/mol. The van der Waals surface area contributed by atoms with Crippen LogP contribution in [-0.2, 0) is 0 Å². The van der Waals surface area contributed by atoms with Gasteiger partial charge in [-0.2, -0.15) is 0 Å². The lowest BCUT2D eigenvalue weighted by atomic mass is 10.1. The van der Waals surface area contributed by atoms with Crippen molar-refractivity contribution in [2.24, 2.45) is 0 Å². The van der Waals surface area contributed by atoms with E-state index in [4.69, 9.17) is 0 Å². The molecule has 7 nitrogen and oxygen atoms in total. The highest BCUT2D eigenvalue weighted by Crippen LogP contribution is 2.27. The Morgan fingerprint density at radius 3 is 2.60 bits per heavy atom. The van der Waals surface area contributed by atoms with Gasteiger partial charge in [-0.15, -0.1) is 0 Å². The van der Waals surface area contributed by atoms with E-state index in [2.05, 4.69) is 15.0 Å². The first-order chi connectivity index (χ1) is 12.1. The molecule has 0 saturated carbocycles. The van der Waals surface area contributed by atoms with Crippen LogP contribution >= 0.6 is 0 Å². The predicted molar refractivity (Wildman–Crippen MR) is 88.3 cm³/mol. The van der Waals surface area contributed by atoms with Crippen molar-refractivity contribution in [2.45, 2.75) is 0 Å². The molecular formula is C17H10FN5O2. The number of aromatic nitrogens is 4. The first kappa shape index (κ1) is 14.9. The maximum absolute atomic E-state index is 13.1. The SMILES string of the molecule is O=[N+]([O-])c1ncccc1-c1cn2cc(-c3ccc(F)cc3)cnc2n1. The maximum atomic E-state index is 13.1. The third-order valence-corrected chi connectivity index (χ3v) is 3.72. The fourth-order valence-electron chi connectivity index (χ4n) is 2.55. The van der Waals surface area contributed by atoms with Crippen LogP contribution in [0.3, 0.4) is 0 Å². The summed E-state index contributed by atoms with van der Waals surface area (Å²) in [7, 11) is 0. The lowest BCUT2D eigenvalue weighted by Crippen LogP contribution is -1.94. The van der Waals surface area contributed by atoms with E-state index in [1.807, 2.05) is 0 Å². The molecule has 0 saturated heterocycles. The highest BCUT2D eigenvalue weighted by molar-refractivity contribution is 5.70. The van der Waals surface area contributed by atoms with Gasteiger partial charge in [0.1, 0.15) is 12.0 Å². The molecule has 4 rings (SSSR count). The smallest absolute Gasteiger partial charge is 0.358 e. The number of hydrogen-bond donors (Lipinski definition) is 0. The second kappa shape index (κ2) is 5.75. The number of nitro groups is 1. The Labute approximate surface area is 140 Å². The zero-order chi connectivity index (χ0) is 17.4. The van der Waals surface area contributed by atoms with E-state index in [1.54, 1.807) is 47.3 Å². The molecule has 8 heteroatoms. The Balaban J connectivity index is 1.81. The molecule has 0 aliphatic carbocycles. The van der Waals surface area contributed by atoms with Crippen LogP contribution in [0.4, 0.5) is 10.2 Å². The third-order valence-electron chi connectivity index (χ3n) is 3.72. The van der Waals surface area contributed by atoms with Crippen LogP contribution in [-0.4, -0.2) is 24.3 Å². The number of fused-ring (bicyclic) bond motifs is 1. The van der Waals surface area contributed by atoms with Crippen LogP contribution in [0.25, 0.3) is 28.2 Å². The average Bonchev–Trinajstić information content (AvgIpc) is 3.05. The Bertz CT molecular complexity index is 1090. The molecule has 122 valence electrons. The minimum atomic E-state index is -0.545. The topological polar surface area (TPSA) is 86.2 Å². The summed E-state index contributed by atoms with van der Waals surface area (Å²) in [5.41, 5.74) is 2.31. The van der Waals surface area contributed by atoms with Crippen LogP contribution in [0, 0.1) is 15.9 Å². The quantitative estimate of drug-likeness (QED) is 0.422. The largest absolute Gasteiger partial charge is 0.372 e. The van der Waals surface area contributed by atoms with Crippen LogP contribution in [0.2, 0.25) is 0 Å². The fourth-order valence-corrected chi connectivity index (χ4v) is 2.55. The molecule has 0 radical (unpaired) electrons. The van der Waals surface area contributed by atoms with Gasteiger partial charge in [-0.25, -0.2) is 14.4 Å². The molecule has 1 aromatic carbocycles. The number of halogens is 1. The number of imidazole rings is 1. The number of rotatable bonds is 3. The molecule has 0 spiro atoms. The summed E-state index contributed by atoms with van der Waals surface area (Å²) in [6.45, 7) is 0. The highest BCUT2D eigenvalue weighted by Gasteiger charge is 2.18. The first-order valence-electron chi connectivity index (χ1n) is 7.32. The lowest BCUT2D eigenvalue weighted by molar-refractivity contribution is -0.388. The van der Waals surface area contributed by atoms with Gasteiger partial charge in [0, 0.05) is 24.2 Å². The molecule has 0 bridgehead atoms. The van der Waals surface area contributed by atoms with Gasteiger partial charge in [0.15, 0.2) is 0 Å². The van der Waals surface area contributed by atoms with E-state index < -0.39 is 4.92 Å². The van der Waals surface area contributed by atoms with Crippen molar-refractivity contribution in [1.82, 2.24) is 19.4 Å². The molecule has 0 atom stereocenters. The first-order valence-corrected chi connectivity index (χ1v) is 7.32. The monoisotopic (exact) mass is 335 g/mol. The number of pyridine rings is 1. The molecule has 0 fully saturated rings. The van der Waals surface area contributed by atoms with Crippen molar-refractivity contribution in [3.05, 3.63) is 77.1 Å². The normalized spacial score (nSPS) is 10.9. The maximum Gasteiger partial charge on any atom is 0.372 e. The number of benzene rings is 1. The minimum Gasteiger partial charge on any atom is -0.358 e. The molecule has 25 heavy (non-hydrogen) atoms. The molecule has 3 heterocycles. The molecule has 0 amide bonds. The third kappa shape index (κ3) is 2.69. The molecule has 0 aliphatic rings. The van der Waals surface area contributed by atoms with Crippen LogP contribution in [0.5, 0.6) is 0 Å². The van der Waals surface area contributed by atoms with E-state index >= 15 is 0 Å². The Morgan fingerprint density at radius 2 is 1.84 bits per heavy atom.